The Bertz CT molecular complexity index is 1470. The number of pyridine rings is 2. The number of benzene rings is 1. The molecule has 3 aromatic rings. The number of fused-ring (bicyclic) bond motifs is 5. The van der Waals surface area contributed by atoms with E-state index in [0.29, 0.717) is 12.2 Å². The highest BCUT2D eigenvalue weighted by atomic mass is 19.1. The van der Waals surface area contributed by atoms with Crippen LogP contribution in [0.25, 0.3) is 22.3 Å². The number of nitrogens with zero attached hydrogens (tertiary/aromatic N) is 2. The molecule has 5 rings (SSSR count). The van der Waals surface area contributed by atoms with Gasteiger partial charge in [0.15, 0.2) is 5.60 Å². The van der Waals surface area contributed by atoms with Crippen LogP contribution in [0.3, 0.4) is 0 Å². The minimum Gasteiger partial charge on any atom is -0.458 e. The molecule has 0 spiro atoms. The molecule has 1 aromatic carbocycles. The van der Waals surface area contributed by atoms with Crippen molar-refractivity contribution in [3.63, 3.8) is 0 Å². The maximum atomic E-state index is 15.8. The van der Waals surface area contributed by atoms with Crippen molar-refractivity contribution < 1.29 is 28.2 Å². The molecule has 2 aliphatic heterocycles. The lowest BCUT2D eigenvalue weighted by atomic mass is 9.86. The van der Waals surface area contributed by atoms with Crippen molar-refractivity contribution in [2.75, 3.05) is 13.7 Å². The number of halogens is 2. The van der Waals surface area contributed by atoms with Crippen molar-refractivity contribution in [2.24, 2.45) is 0 Å². The van der Waals surface area contributed by atoms with E-state index in [2.05, 4.69) is 10.3 Å². The quantitative estimate of drug-likeness (QED) is 0.393. The molecule has 36 heavy (non-hydrogen) atoms. The van der Waals surface area contributed by atoms with Gasteiger partial charge in [0, 0.05) is 30.3 Å². The molecule has 2 N–H and O–H groups in total. The number of cyclic esters (lactones) is 1. The molecule has 2 aromatic heterocycles. The summed E-state index contributed by atoms with van der Waals surface area (Å²) in [5.41, 5.74) is -0.976. The van der Waals surface area contributed by atoms with Crippen LogP contribution in [0.4, 0.5) is 8.78 Å². The summed E-state index contributed by atoms with van der Waals surface area (Å²) in [6.45, 7) is 5.42. The van der Waals surface area contributed by atoms with Crippen molar-refractivity contribution in [3.8, 4) is 11.4 Å². The number of methoxy groups -OCH3 is 1. The number of carbonyl (C=O) groups excluding carboxylic acids is 1. The van der Waals surface area contributed by atoms with Crippen LogP contribution in [0.2, 0.25) is 0 Å². The summed E-state index contributed by atoms with van der Waals surface area (Å²) < 4.78 is 42.3. The molecule has 190 valence electrons. The molecule has 2 aliphatic rings. The van der Waals surface area contributed by atoms with Gasteiger partial charge in [0.2, 0.25) is 0 Å². The van der Waals surface area contributed by atoms with Crippen LogP contribution < -0.4 is 10.9 Å². The molecule has 4 heterocycles. The molecule has 0 saturated carbocycles. The number of aliphatic hydroxyl groups is 1. The molecule has 0 aliphatic carbocycles. The minimum absolute atomic E-state index is 0.00764. The van der Waals surface area contributed by atoms with Gasteiger partial charge < -0.3 is 24.5 Å². The summed E-state index contributed by atoms with van der Waals surface area (Å²) in [5, 5.41) is 14.1. The van der Waals surface area contributed by atoms with Crippen LogP contribution in [0.5, 0.6) is 0 Å². The fourth-order valence-electron chi connectivity index (χ4n) is 5.28. The third-order valence-corrected chi connectivity index (χ3v) is 7.17. The van der Waals surface area contributed by atoms with Gasteiger partial charge in [0.25, 0.3) is 5.56 Å². The zero-order valence-electron chi connectivity index (χ0n) is 20.4. The average Bonchev–Trinajstić information content (AvgIpc) is 3.21. The zero-order valence-corrected chi connectivity index (χ0v) is 20.4. The Hall–Kier alpha value is -3.21. The number of esters is 1. The first-order chi connectivity index (χ1) is 17.1. The van der Waals surface area contributed by atoms with Gasteiger partial charge in [-0.3, -0.25) is 4.79 Å². The van der Waals surface area contributed by atoms with Crippen molar-refractivity contribution in [3.05, 3.63) is 62.4 Å². The lowest BCUT2D eigenvalue weighted by molar-refractivity contribution is -0.172. The van der Waals surface area contributed by atoms with E-state index in [4.69, 9.17) is 9.47 Å². The lowest BCUT2D eigenvalue weighted by Gasteiger charge is -2.31. The summed E-state index contributed by atoms with van der Waals surface area (Å²) in [6, 6.07) is 3.95. The third kappa shape index (κ3) is 3.47. The molecule has 8 nitrogen and oxygen atoms in total. The fourth-order valence-corrected chi connectivity index (χ4v) is 5.28. The minimum atomic E-state index is -1.99. The topological polar surface area (TPSA) is 103 Å². The van der Waals surface area contributed by atoms with Gasteiger partial charge in [-0.1, -0.05) is 13.0 Å². The Morgan fingerprint density at radius 1 is 1.28 bits per heavy atom. The van der Waals surface area contributed by atoms with Crippen molar-refractivity contribution in [2.45, 2.75) is 58.0 Å². The summed E-state index contributed by atoms with van der Waals surface area (Å²) in [7, 11) is 1.59. The first kappa shape index (κ1) is 24.5. The second-order valence-corrected chi connectivity index (χ2v) is 9.46. The number of hydrogen-bond donors (Lipinski definition) is 2. The predicted octanol–water partition coefficient (Wildman–Crippen LogP) is 3.04. The van der Waals surface area contributed by atoms with Crippen molar-refractivity contribution in [1.82, 2.24) is 14.9 Å². The molecular weight excluding hydrogens is 472 g/mol. The molecule has 0 saturated heterocycles. The molecule has 0 amide bonds. The molecular formula is C26H27F2N3O5. The van der Waals surface area contributed by atoms with Gasteiger partial charge in [-0.05, 0) is 38.0 Å². The molecule has 1 unspecified atom stereocenters. The molecule has 0 radical (unpaired) electrons. The Labute approximate surface area is 205 Å². The van der Waals surface area contributed by atoms with E-state index >= 15 is 4.39 Å². The summed E-state index contributed by atoms with van der Waals surface area (Å²) in [6.07, 6.45) is -0.00764. The van der Waals surface area contributed by atoms with Gasteiger partial charge in [-0.25, -0.2) is 18.6 Å². The highest BCUT2D eigenvalue weighted by Crippen LogP contribution is 2.41. The number of hydrogen-bond acceptors (Lipinski definition) is 7. The average molecular weight is 500 g/mol. The number of rotatable bonds is 6. The number of nitrogens with one attached hydrogen (secondary N) is 1. The van der Waals surface area contributed by atoms with Crippen LogP contribution in [-0.4, -0.2) is 40.4 Å². The van der Waals surface area contributed by atoms with Crippen molar-refractivity contribution in [1.29, 1.82) is 0 Å². The van der Waals surface area contributed by atoms with Crippen molar-refractivity contribution >= 4 is 16.9 Å². The van der Waals surface area contributed by atoms with Crippen LogP contribution >= 0.6 is 0 Å². The predicted molar refractivity (Wildman–Crippen MR) is 127 cm³/mol. The SMILES string of the molecule is CC[C@@]1(O)C(=O)OCc2c1cc1n(c2=O)Cc2c-1nc1c(C(C)N[C@@H](C)COC)ccc(F)c1c2F. The zero-order chi connectivity index (χ0) is 25.9. The third-order valence-electron chi connectivity index (χ3n) is 7.17. The fraction of sp³-hybridized carbons (Fsp3) is 0.423. The Kier molecular flexibility index (Phi) is 5.93. The maximum Gasteiger partial charge on any atom is 0.343 e. The first-order valence-corrected chi connectivity index (χ1v) is 11.8. The first-order valence-electron chi connectivity index (χ1n) is 11.8. The van der Waals surface area contributed by atoms with Crippen LogP contribution in [0.15, 0.2) is 23.0 Å². The molecule has 3 atom stereocenters. The summed E-state index contributed by atoms with van der Waals surface area (Å²) in [4.78, 5) is 30.4. The standard InChI is InChI=1S/C26H27F2N3O5/c1-5-26(34)17-8-19-22-15(9-31(19)24(32)16(17)11-36-25(26)33)21(28)20-18(27)7-6-14(23(20)30-22)13(3)29-12(2)10-35-4/h6-8,12-13,29,34H,5,9-11H2,1-4H3/t12-,13?,26-/m0/s1. The largest absolute Gasteiger partial charge is 0.458 e. The van der Waals surface area contributed by atoms with Gasteiger partial charge in [-0.2, -0.15) is 0 Å². The van der Waals surface area contributed by atoms with E-state index in [1.54, 1.807) is 20.1 Å². The smallest absolute Gasteiger partial charge is 0.343 e. The number of carbonyl (C=O) groups is 1. The van der Waals surface area contributed by atoms with E-state index in [1.165, 1.54) is 16.7 Å². The second kappa shape index (κ2) is 8.72. The Morgan fingerprint density at radius 3 is 2.72 bits per heavy atom. The van der Waals surface area contributed by atoms with Crippen LogP contribution in [0.1, 0.15) is 55.5 Å². The van der Waals surface area contributed by atoms with E-state index in [-0.39, 0.29) is 70.6 Å². The summed E-state index contributed by atoms with van der Waals surface area (Å²) in [5.74, 6) is -2.38. The number of aromatic nitrogens is 2. The van der Waals surface area contributed by atoms with Crippen LogP contribution in [0, 0.1) is 11.6 Å². The van der Waals surface area contributed by atoms with Gasteiger partial charge >= 0.3 is 5.97 Å². The van der Waals surface area contributed by atoms with E-state index in [0.717, 1.165) is 0 Å². The van der Waals surface area contributed by atoms with E-state index in [1.807, 2.05) is 13.8 Å². The van der Waals surface area contributed by atoms with Gasteiger partial charge in [0.1, 0.15) is 18.2 Å². The molecule has 0 bridgehead atoms. The van der Waals surface area contributed by atoms with E-state index < -0.39 is 28.8 Å². The Balaban J connectivity index is 1.73. The second-order valence-electron chi connectivity index (χ2n) is 9.46. The van der Waals surface area contributed by atoms with E-state index in [9.17, 15) is 19.1 Å². The van der Waals surface area contributed by atoms with Gasteiger partial charge in [0.05, 0.1) is 41.0 Å². The maximum absolute atomic E-state index is 15.8. The molecule has 0 fully saturated rings. The summed E-state index contributed by atoms with van der Waals surface area (Å²) >= 11 is 0. The van der Waals surface area contributed by atoms with Gasteiger partial charge in [-0.15, -0.1) is 0 Å². The van der Waals surface area contributed by atoms with Crippen LogP contribution in [-0.2, 0) is 33.0 Å². The Morgan fingerprint density at radius 2 is 2.03 bits per heavy atom. The highest BCUT2D eigenvalue weighted by molar-refractivity contribution is 5.89. The lowest BCUT2D eigenvalue weighted by Crippen LogP contribution is -2.44. The molecule has 10 heteroatoms. The number of ether oxygens (including phenoxy) is 2. The highest BCUT2D eigenvalue weighted by Gasteiger charge is 2.45. The normalized spacial score (nSPS) is 20.0. The monoisotopic (exact) mass is 499 g/mol.